The van der Waals surface area contributed by atoms with E-state index in [9.17, 15) is 28.2 Å². The number of carboxylic acid groups (broad SMARTS) is 1. The zero-order valence-corrected chi connectivity index (χ0v) is 11.8. The first-order valence-electron chi connectivity index (χ1n) is 6.26. The summed E-state index contributed by atoms with van der Waals surface area (Å²) < 4.78 is 39.9. The fourth-order valence-electron chi connectivity index (χ4n) is 2.35. The van der Waals surface area contributed by atoms with Gasteiger partial charge in [0.05, 0.1) is 5.92 Å². The molecule has 1 aromatic rings. The minimum Gasteiger partial charge on any atom is -0.481 e. The Morgan fingerprint density at radius 1 is 1.19 bits per heavy atom. The molecule has 0 aliphatic rings. The number of carbonyl (C=O) groups is 1. The van der Waals surface area contributed by atoms with E-state index in [1.807, 2.05) is 0 Å². The molecule has 0 aliphatic carbocycles. The van der Waals surface area contributed by atoms with Gasteiger partial charge in [0.2, 0.25) is 0 Å². The van der Waals surface area contributed by atoms with Crippen LogP contribution in [0.3, 0.4) is 0 Å². The molecule has 0 spiro atoms. The second-order valence-electron chi connectivity index (χ2n) is 5.28. The summed E-state index contributed by atoms with van der Waals surface area (Å²) in [6.45, 7) is 4.62. The number of rotatable bonds is 5. The van der Waals surface area contributed by atoms with E-state index in [0.717, 1.165) is 12.1 Å². The van der Waals surface area contributed by atoms with Gasteiger partial charge >= 0.3 is 12.3 Å². The maximum atomic E-state index is 12.1. The number of halogens is 3. The van der Waals surface area contributed by atoms with Gasteiger partial charge in [0.15, 0.2) is 0 Å². The molecular weight excluding hydrogens is 289 g/mol. The number of aliphatic hydroxyl groups is 1. The molecule has 0 bridgehead atoms. The second kappa shape index (κ2) is 5.93. The van der Waals surface area contributed by atoms with Gasteiger partial charge in [0.25, 0.3) is 0 Å². The Labute approximate surface area is 120 Å². The number of ether oxygens (including phenoxy) is 1. The monoisotopic (exact) mass is 306 g/mol. The van der Waals surface area contributed by atoms with Crippen molar-refractivity contribution in [2.75, 3.05) is 0 Å². The highest BCUT2D eigenvalue weighted by Gasteiger charge is 2.41. The predicted octanol–water partition coefficient (Wildman–Crippen LogP) is 3.15. The van der Waals surface area contributed by atoms with E-state index in [-0.39, 0.29) is 11.5 Å². The normalized spacial score (nSPS) is 16.4. The predicted molar refractivity (Wildman–Crippen MR) is 68.7 cm³/mol. The highest BCUT2D eigenvalue weighted by Crippen LogP contribution is 2.35. The van der Waals surface area contributed by atoms with E-state index in [1.54, 1.807) is 13.8 Å². The lowest BCUT2D eigenvalue weighted by Gasteiger charge is -2.33. The zero-order valence-electron chi connectivity index (χ0n) is 11.8. The van der Waals surface area contributed by atoms with Gasteiger partial charge in [-0.3, -0.25) is 4.79 Å². The molecule has 2 atom stereocenters. The van der Waals surface area contributed by atoms with Crippen LogP contribution in [0, 0.1) is 11.8 Å². The van der Waals surface area contributed by atoms with Crippen LogP contribution < -0.4 is 4.74 Å². The van der Waals surface area contributed by atoms with Crippen LogP contribution in [0.4, 0.5) is 13.2 Å². The lowest BCUT2D eigenvalue weighted by atomic mass is 9.76. The minimum atomic E-state index is -4.80. The van der Waals surface area contributed by atoms with Crippen LogP contribution in [0.5, 0.6) is 5.75 Å². The summed E-state index contributed by atoms with van der Waals surface area (Å²) >= 11 is 0. The topological polar surface area (TPSA) is 66.8 Å². The lowest BCUT2D eigenvalue weighted by molar-refractivity contribution is -0.274. The molecule has 4 nitrogen and oxygen atoms in total. The molecule has 0 amide bonds. The summed E-state index contributed by atoms with van der Waals surface area (Å²) in [5.74, 6) is -3.06. The van der Waals surface area contributed by atoms with Crippen LogP contribution in [0.25, 0.3) is 0 Å². The summed E-state index contributed by atoms with van der Waals surface area (Å²) in [4.78, 5) is 11.3. The summed E-state index contributed by atoms with van der Waals surface area (Å²) in [5, 5.41) is 19.7. The maximum Gasteiger partial charge on any atom is 0.573 e. The van der Waals surface area contributed by atoms with Crippen LogP contribution in [-0.4, -0.2) is 22.5 Å². The summed E-state index contributed by atoms with van der Waals surface area (Å²) in [5.41, 5.74) is -1.50. The molecular formula is C14H17F3O4. The van der Waals surface area contributed by atoms with Crippen molar-refractivity contribution in [2.45, 2.75) is 32.7 Å². The average molecular weight is 306 g/mol. The van der Waals surface area contributed by atoms with Crippen molar-refractivity contribution >= 4 is 5.97 Å². The Bertz CT molecular complexity index is 492. The van der Waals surface area contributed by atoms with E-state index < -0.39 is 29.6 Å². The van der Waals surface area contributed by atoms with Crippen molar-refractivity contribution in [3.8, 4) is 5.75 Å². The third-order valence-electron chi connectivity index (χ3n) is 3.21. The van der Waals surface area contributed by atoms with E-state index >= 15 is 0 Å². The van der Waals surface area contributed by atoms with Gasteiger partial charge < -0.3 is 14.9 Å². The fourth-order valence-corrected chi connectivity index (χ4v) is 2.35. The van der Waals surface area contributed by atoms with Crippen molar-refractivity contribution in [2.24, 2.45) is 11.8 Å². The third-order valence-corrected chi connectivity index (χ3v) is 3.21. The van der Waals surface area contributed by atoms with Crippen LogP contribution in [0.1, 0.15) is 26.3 Å². The highest BCUT2D eigenvalue weighted by atomic mass is 19.4. The van der Waals surface area contributed by atoms with Crippen molar-refractivity contribution < 1.29 is 32.9 Å². The molecule has 1 rings (SSSR count). The Morgan fingerprint density at radius 2 is 1.67 bits per heavy atom. The van der Waals surface area contributed by atoms with Crippen molar-refractivity contribution in [3.63, 3.8) is 0 Å². The van der Waals surface area contributed by atoms with E-state index in [2.05, 4.69) is 4.74 Å². The van der Waals surface area contributed by atoms with Crippen molar-refractivity contribution in [3.05, 3.63) is 29.8 Å². The van der Waals surface area contributed by atoms with E-state index in [4.69, 9.17) is 0 Å². The molecule has 1 aromatic carbocycles. The largest absolute Gasteiger partial charge is 0.573 e. The average Bonchev–Trinajstić information content (AvgIpc) is 2.25. The smallest absolute Gasteiger partial charge is 0.481 e. The Hall–Kier alpha value is -1.76. The van der Waals surface area contributed by atoms with E-state index in [1.165, 1.54) is 19.1 Å². The Morgan fingerprint density at radius 3 is 2.00 bits per heavy atom. The Kier molecular flexibility index (Phi) is 4.88. The number of carboxylic acids is 1. The van der Waals surface area contributed by atoms with Gasteiger partial charge in [0.1, 0.15) is 11.4 Å². The molecule has 0 aliphatic heterocycles. The Balaban J connectivity index is 3.06. The van der Waals surface area contributed by atoms with E-state index in [0.29, 0.717) is 0 Å². The molecule has 0 heterocycles. The standard InChI is InChI=1S/C14H17F3O4/c1-8(2)11(12(18)19)13(3,20)9-4-6-10(7-5-9)21-14(15,16)17/h4-8,11,20H,1-3H3,(H,18,19). The summed E-state index contributed by atoms with van der Waals surface area (Å²) in [6.07, 6.45) is -4.80. The van der Waals surface area contributed by atoms with Crippen molar-refractivity contribution in [1.29, 1.82) is 0 Å². The molecule has 7 heteroatoms. The zero-order chi connectivity index (χ0) is 16.4. The van der Waals surface area contributed by atoms with Gasteiger partial charge in [0, 0.05) is 0 Å². The highest BCUT2D eigenvalue weighted by molar-refractivity contribution is 5.72. The lowest BCUT2D eigenvalue weighted by Crippen LogP contribution is -2.40. The molecule has 0 fully saturated rings. The second-order valence-corrected chi connectivity index (χ2v) is 5.28. The molecule has 0 aromatic heterocycles. The van der Waals surface area contributed by atoms with Gasteiger partial charge in [-0.1, -0.05) is 26.0 Å². The first-order valence-corrected chi connectivity index (χ1v) is 6.26. The first kappa shape index (κ1) is 17.3. The number of alkyl halides is 3. The number of benzene rings is 1. The van der Waals surface area contributed by atoms with Crippen LogP contribution >= 0.6 is 0 Å². The quantitative estimate of drug-likeness (QED) is 0.877. The number of aliphatic carboxylic acids is 1. The minimum absolute atomic E-state index is 0.207. The molecule has 0 radical (unpaired) electrons. The summed E-state index contributed by atoms with van der Waals surface area (Å²) in [7, 11) is 0. The third kappa shape index (κ3) is 4.35. The number of hydrogen-bond acceptors (Lipinski definition) is 3. The fraction of sp³-hybridized carbons (Fsp3) is 0.500. The maximum absolute atomic E-state index is 12.1. The number of hydrogen-bond donors (Lipinski definition) is 2. The molecule has 2 unspecified atom stereocenters. The molecule has 2 N–H and O–H groups in total. The van der Waals surface area contributed by atoms with Gasteiger partial charge in [-0.05, 0) is 30.5 Å². The van der Waals surface area contributed by atoms with Crippen LogP contribution in [-0.2, 0) is 10.4 Å². The molecule has 118 valence electrons. The SMILES string of the molecule is CC(C)C(C(=O)O)C(C)(O)c1ccc(OC(F)(F)F)cc1. The van der Waals surface area contributed by atoms with Crippen LogP contribution in [0.2, 0.25) is 0 Å². The molecule has 0 saturated carbocycles. The molecule has 0 saturated heterocycles. The van der Waals surface area contributed by atoms with Gasteiger partial charge in [-0.25, -0.2) is 0 Å². The van der Waals surface area contributed by atoms with Gasteiger partial charge in [-0.15, -0.1) is 13.2 Å². The van der Waals surface area contributed by atoms with Crippen molar-refractivity contribution in [1.82, 2.24) is 0 Å². The van der Waals surface area contributed by atoms with Gasteiger partial charge in [-0.2, -0.15) is 0 Å². The molecule has 21 heavy (non-hydrogen) atoms. The summed E-state index contributed by atoms with van der Waals surface area (Å²) in [6, 6.07) is 4.52. The first-order chi connectivity index (χ1) is 9.45. The van der Waals surface area contributed by atoms with Crippen LogP contribution in [0.15, 0.2) is 24.3 Å².